The Labute approximate surface area is 158 Å². The lowest BCUT2D eigenvalue weighted by atomic mass is 10.1. The number of rotatable bonds is 6. The van der Waals surface area contributed by atoms with Crippen LogP contribution in [0.4, 0.5) is 5.69 Å². The fraction of sp³-hybridized carbons (Fsp3) is 0.389. The predicted octanol–water partition coefficient (Wildman–Crippen LogP) is 2.32. The van der Waals surface area contributed by atoms with Crippen molar-refractivity contribution in [1.29, 1.82) is 0 Å². The molecule has 1 aliphatic rings. The van der Waals surface area contributed by atoms with Crippen LogP contribution in [-0.2, 0) is 10.0 Å². The second kappa shape index (κ2) is 7.77. The van der Waals surface area contributed by atoms with Gasteiger partial charge in [-0.15, -0.1) is 0 Å². The molecule has 1 aromatic heterocycles. The molecule has 1 atom stereocenters. The zero-order valence-corrected chi connectivity index (χ0v) is 16.5. The van der Waals surface area contributed by atoms with Crippen LogP contribution >= 0.6 is 11.3 Å². The standard InChI is InChI=1S/C18H23N3O3S2/c1-20(2)17(15-7-9-25-13-15)12-19-18(22)14-5-3-6-16(11-14)21-8-4-10-26(21,23)24/h3,5-7,9,11,13,17H,4,8,10,12H2,1-2H3,(H,19,22). The van der Waals surface area contributed by atoms with Gasteiger partial charge in [-0.3, -0.25) is 9.10 Å². The summed E-state index contributed by atoms with van der Waals surface area (Å²) in [5.41, 5.74) is 2.18. The van der Waals surface area contributed by atoms with Crippen molar-refractivity contribution in [2.75, 3.05) is 37.2 Å². The first-order valence-corrected chi connectivity index (χ1v) is 11.0. The molecule has 1 aromatic carbocycles. The SMILES string of the molecule is CN(C)C(CNC(=O)c1cccc(N2CCCS2(=O)=O)c1)c1ccsc1. The third-order valence-electron chi connectivity index (χ3n) is 4.50. The molecule has 0 saturated carbocycles. The highest BCUT2D eigenvalue weighted by Gasteiger charge is 2.28. The Morgan fingerprint density at radius 3 is 2.77 bits per heavy atom. The summed E-state index contributed by atoms with van der Waals surface area (Å²) in [5.74, 6) is -0.0419. The Morgan fingerprint density at radius 2 is 2.15 bits per heavy atom. The maximum atomic E-state index is 12.6. The van der Waals surface area contributed by atoms with E-state index in [2.05, 4.69) is 21.7 Å². The first-order chi connectivity index (χ1) is 12.4. The topological polar surface area (TPSA) is 69.7 Å². The lowest BCUT2D eigenvalue weighted by Gasteiger charge is -2.24. The van der Waals surface area contributed by atoms with E-state index in [9.17, 15) is 13.2 Å². The van der Waals surface area contributed by atoms with Crippen LogP contribution < -0.4 is 9.62 Å². The van der Waals surface area contributed by atoms with Crippen LogP contribution in [0.3, 0.4) is 0 Å². The van der Waals surface area contributed by atoms with Gasteiger partial charge in [0.15, 0.2) is 0 Å². The normalized spacial score (nSPS) is 17.4. The number of benzene rings is 1. The molecular formula is C18H23N3O3S2. The van der Waals surface area contributed by atoms with Crippen molar-refractivity contribution in [3.8, 4) is 0 Å². The van der Waals surface area contributed by atoms with Crippen LogP contribution in [0.25, 0.3) is 0 Å². The predicted molar refractivity (Wildman–Crippen MR) is 105 cm³/mol. The van der Waals surface area contributed by atoms with Gasteiger partial charge in [0.2, 0.25) is 10.0 Å². The molecule has 26 heavy (non-hydrogen) atoms. The molecule has 1 saturated heterocycles. The lowest BCUT2D eigenvalue weighted by molar-refractivity contribution is 0.0942. The van der Waals surface area contributed by atoms with Crippen LogP contribution in [0.15, 0.2) is 41.1 Å². The molecule has 1 aliphatic heterocycles. The smallest absolute Gasteiger partial charge is 0.251 e. The average Bonchev–Trinajstić information content (AvgIpc) is 3.24. The van der Waals surface area contributed by atoms with Crippen LogP contribution in [0.1, 0.15) is 28.4 Å². The van der Waals surface area contributed by atoms with Crippen molar-refractivity contribution in [2.24, 2.45) is 0 Å². The summed E-state index contributed by atoms with van der Waals surface area (Å²) in [6.45, 7) is 0.947. The number of hydrogen-bond acceptors (Lipinski definition) is 5. The van der Waals surface area contributed by atoms with E-state index in [1.54, 1.807) is 35.6 Å². The number of thiophene rings is 1. The van der Waals surface area contributed by atoms with Crippen molar-refractivity contribution < 1.29 is 13.2 Å². The summed E-state index contributed by atoms with van der Waals surface area (Å²) < 4.78 is 25.6. The number of carbonyl (C=O) groups excluding carboxylic acids is 1. The molecule has 0 spiro atoms. The quantitative estimate of drug-likeness (QED) is 0.818. The number of anilines is 1. The largest absolute Gasteiger partial charge is 0.350 e. The molecule has 140 valence electrons. The summed E-state index contributed by atoms with van der Waals surface area (Å²) in [5, 5.41) is 7.06. The molecule has 1 fully saturated rings. The van der Waals surface area contributed by atoms with Gasteiger partial charge in [0.25, 0.3) is 5.91 Å². The minimum absolute atomic E-state index is 0.0901. The van der Waals surface area contributed by atoms with Gasteiger partial charge in [0.05, 0.1) is 17.5 Å². The van der Waals surface area contributed by atoms with Gasteiger partial charge in [-0.05, 0) is 61.1 Å². The summed E-state index contributed by atoms with van der Waals surface area (Å²) in [6, 6.07) is 8.95. The van der Waals surface area contributed by atoms with Gasteiger partial charge in [0.1, 0.15) is 0 Å². The van der Waals surface area contributed by atoms with Crippen LogP contribution in [0.5, 0.6) is 0 Å². The Kier molecular flexibility index (Phi) is 5.64. The molecule has 1 amide bonds. The number of amides is 1. The maximum absolute atomic E-state index is 12.6. The Morgan fingerprint density at radius 1 is 1.35 bits per heavy atom. The first-order valence-electron chi connectivity index (χ1n) is 8.46. The molecule has 8 heteroatoms. The van der Waals surface area contributed by atoms with Gasteiger partial charge in [-0.1, -0.05) is 6.07 Å². The van der Waals surface area contributed by atoms with Crippen LogP contribution in [0.2, 0.25) is 0 Å². The molecule has 0 aliphatic carbocycles. The summed E-state index contributed by atoms with van der Waals surface area (Å²) in [7, 11) is 0.706. The van der Waals surface area contributed by atoms with Crippen molar-refractivity contribution in [3.63, 3.8) is 0 Å². The fourth-order valence-electron chi connectivity index (χ4n) is 3.09. The van der Waals surface area contributed by atoms with E-state index in [0.717, 1.165) is 5.56 Å². The zero-order valence-electron chi connectivity index (χ0n) is 14.9. The molecule has 6 nitrogen and oxygen atoms in total. The minimum atomic E-state index is -3.25. The second-order valence-electron chi connectivity index (χ2n) is 6.54. The molecule has 0 radical (unpaired) electrons. The van der Waals surface area contributed by atoms with Gasteiger partial charge in [-0.25, -0.2) is 8.42 Å². The monoisotopic (exact) mass is 393 g/mol. The van der Waals surface area contributed by atoms with Gasteiger partial charge >= 0.3 is 0 Å². The van der Waals surface area contributed by atoms with Gasteiger partial charge < -0.3 is 10.2 Å². The van der Waals surface area contributed by atoms with Crippen molar-refractivity contribution in [2.45, 2.75) is 12.5 Å². The average molecular weight is 394 g/mol. The maximum Gasteiger partial charge on any atom is 0.251 e. The molecule has 1 N–H and O–H groups in total. The molecule has 2 aromatic rings. The number of sulfonamides is 1. The van der Waals surface area contributed by atoms with E-state index in [0.29, 0.717) is 30.8 Å². The Hall–Kier alpha value is -1.90. The molecule has 2 heterocycles. The van der Waals surface area contributed by atoms with Gasteiger partial charge in [0, 0.05) is 18.7 Å². The highest BCUT2D eigenvalue weighted by molar-refractivity contribution is 7.93. The molecular weight excluding hydrogens is 370 g/mol. The number of likely N-dealkylation sites (N-methyl/N-ethyl adjacent to an activating group) is 1. The van der Waals surface area contributed by atoms with E-state index in [-0.39, 0.29) is 17.7 Å². The van der Waals surface area contributed by atoms with Crippen molar-refractivity contribution in [3.05, 3.63) is 52.2 Å². The first kappa shape index (κ1) is 18.9. The van der Waals surface area contributed by atoms with E-state index < -0.39 is 10.0 Å². The van der Waals surface area contributed by atoms with E-state index in [1.807, 2.05) is 19.5 Å². The summed E-state index contributed by atoms with van der Waals surface area (Å²) in [4.78, 5) is 14.6. The third kappa shape index (κ3) is 4.08. The second-order valence-corrected chi connectivity index (χ2v) is 9.33. The van der Waals surface area contributed by atoms with E-state index in [4.69, 9.17) is 0 Å². The molecule has 0 bridgehead atoms. The highest BCUT2D eigenvalue weighted by Crippen LogP contribution is 2.25. The van der Waals surface area contributed by atoms with Crippen LogP contribution in [0, 0.1) is 0 Å². The van der Waals surface area contributed by atoms with E-state index in [1.165, 1.54) is 4.31 Å². The third-order valence-corrected chi connectivity index (χ3v) is 7.07. The lowest BCUT2D eigenvalue weighted by Crippen LogP contribution is -2.34. The minimum Gasteiger partial charge on any atom is -0.350 e. The summed E-state index contributed by atoms with van der Waals surface area (Å²) in [6.07, 6.45) is 0.615. The number of nitrogens with zero attached hydrogens (tertiary/aromatic N) is 2. The van der Waals surface area contributed by atoms with Gasteiger partial charge in [-0.2, -0.15) is 11.3 Å². The molecule has 1 unspecified atom stereocenters. The van der Waals surface area contributed by atoms with Crippen molar-refractivity contribution in [1.82, 2.24) is 10.2 Å². The van der Waals surface area contributed by atoms with E-state index >= 15 is 0 Å². The molecule has 3 rings (SSSR count). The number of carbonyl (C=O) groups is 1. The number of hydrogen-bond donors (Lipinski definition) is 1. The fourth-order valence-corrected chi connectivity index (χ4v) is 5.35. The summed E-state index contributed by atoms with van der Waals surface area (Å²) >= 11 is 1.63. The Bertz CT molecular complexity index is 864. The Balaban J connectivity index is 1.71. The highest BCUT2D eigenvalue weighted by atomic mass is 32.2. The van der Waals surface area contributed by atoms with Crippen LogP contribution in [-0.4, -0.2) is 52.2 Å². The number of nitrogens with one attached hydrogen (secondary N) is 1. The van der Waals surface area contributed by atoms with Crippen molar-refractivity contribution >= 4 is 33.0 Å². The zero-order chi connectivity index (χ0) is 18.7.